The van der Waals surface area contributed by atoms with Gasteiger partial charge in [0.05, 0.1) is 0 Å². The van der Waals surface area contributed by atoms with Crippen molar-refractivity contribution in [1.29, 1.82) is 0 Å². The van der Waals surface area contributed by atoms with Crippen molar-refractivity contribution in [3.63, 3.8) is 0 Å². The minimum absolute atomic E-state index is 0.595. The summed E-state index contributed by atoms with van der Waals surface area (Å²) in [6.45, 7) is 2.31. The van der Waals surface area contributed by atoms with Crippen molar-refractivity contribution in [3.05, 3.63) is 30.1 Å². The van der Waals surface area contributed by atoms with Gasteiger partial charge in [0.1, 0.15) is 0 Å². The summed E-state index contributed by atoms with van der Waals surface area (Å²) < 4.78 is 0. The molecule has 2 nitrogen and oxygen atoms in total. The highest BCUT2D eigenvalue weighted by Crippen LogP contribution is 2.33. The Morgan fingerprint density at radius 2 is 2.05 bits per heavy atom. The van der Waals surface area contributed by atoms with E-state index in [9.17, 15) is 0 Å². The normalized spacial score (nSPS) is 25.2. The van der Waals surface area contributed by atoms with Gasteiger partial charge in [-0.25, -0.2) is 0 Å². The van der Waals surface area contributed by atoms with Crippen LogP contribution in [-0.2, 0) is 6.42 Å². The highest BCUT2D eigenvalue weighted by molar-refractivity contribution is 5.06. The van der Waals surface area contributed by atoms with Crippen LogP contribution in [0.2, 0.25) is 0 Å². The molecule has 1 fully saturated rings. The van der Waals surface area contributed by atoms with Gasteiger partial charge in [0.2, 0.25) is 0 Å². The molecular weight excluding hydrogens is 232 g/mol. The van der Waals surface area contributed by atoms with Gasteiger partial charge in [-0.1, -0.05) is 38.7 Å². The Bertz CT molecular complexity index is 342. The molecule has 1 saturated carbocycles. The first kappa shape index (κ1) is 14.5. The molecule has 0 spiro atoms. The van der Waals surface area contributed by atoms with Gasteiger partial charge >= 0.3 is 0 Å². The van der Waals surface area contributed by atoms with E-state index in [0.717, 1.165) is 18.3 Å². The van der Waals surface area contributed by atoms with Gasteiger partial charge in [-0.2, -0.15) is 0 Å². The van der Waals surface area contributed by atoms with Gasteiger partial charge in [0, 0.05) is 24.4 Å². The van der Waals surface area contributed by atoms with E-state index < -0.39 is 0 Å². The maximum Gasteiger partial charge on any atom is 0.0419 e. The van der Waals surface area contributed by atoms with E-state index in [1.807, 2.05) is 12.3 Å². The molecule has 1 aliphatic rings. The minimum Gasteiger partial charge on any atom is -0.316 e. The second-order valence-corrected chi connectivity index (χ2v) is 5.99. The van der Waals surface area contributed by atoms with Gasteiger partial charge < -0.3 is 5.32 Å². The molecule has 1 aromatic rings. The van der Waals surface area contributed by atoms with Crippen molar-refractivity contribution in [3.8, 4) is 0 Å². The highest BCUT2D eigenvalue weighted by atomic mass is 14.9. The van der Waals surface area contributed by atoms with Crippen molar-refractivity contribution in [2.75, 3.05) is 7.05 Å². The van der Waals surface area contributed by atoms with Crippen LogP contribution in [0.25, 0.3) is 0 Å². The SMILES string of the molecule is CCCC1CCC(C(Cc2ccccn2)NC)CC1. The topological polar surface area (TPSA) is 24.9 Å². The van der Waals surface area contributed by atoms with E-state index >= 15 is 0 Å². The molecular formula is C17H28N2. The number of nitrogens with zero attached hydrogens (tertiary/aromatic N) is 1. The van der Waals surface area contributed by atoms with Crippen LogP contribution < -0.4 is 5.32 Å². The fourth-order valence-electron chi connectivity index (χ4n) is 3.54. The van der Waals surface area contributed by atoms with E-state index in [1.165, 1.54) is 44.2 Å². The average molecular weight is 260 g/mol. The van der Waals surface area contributed by atoms with E-state index in [2.05, 4.69) is 36.4 Å². The first-order valence-corrected chi connectivity index (χ1v) is 7.90. The lowest BCUT2D eigenvalue weighted by atomic mass is 9.76. The molecule has 1 atom stereocenters. The summed E-state index contributed by atoms with van der Waals surface area (Å²) in [6.07, 6.45) is 11.4. The Morgan fingerprint density at radius 3 is 2.63 bits per heavy atom. The molecule has 0 saturated heterocycles. The molecule has 19 heavy (non-hydrogen) atoms. The summed E-state index contributed by atoms with van der Waals surface area (Å²) in [7, 11) is 2.10. The first-order chi connectivity index (χ1) is 9.33. The number of rotatable bonds is 6. The highest BCUT2D eigenvalue weighted by Gasteiger charge is 2.26. The lowest BCUT2D eigenvalue weighted by Crippen LogP contribution is -2.37. The Balaban J connectivity index is 1.85. The molecule has 1 unspecified atom stereocenters. The van der Waals surface area contributed by atoms with Crippen molar-refractivity contribution in [1.82, 2.24) is 10.3 Å². The van der Waals surface area contributed by atoms with Crippen LogP contribution in [0.3, 0.4) is 0 Å². The quantitative estimate of drug-likeness (QED) is 0.841. The molecule has 2 heteroatoms. The summed E-state index contributed by atoms with van der Waals surface area (Å²) in [6, 6.07) is 6.83. The van der Waals surface area contributed by atoms with E-state index in [4.69, 9.17) is 0 Å². The molecule has 1 N–H and O–H groups in total. The smallest absolute Gasteiger partial charge is 0.0419 e. The monoisotopic (exact) mass is 260 g/mol. The van der Waals surface area contributed by atoms with Crippen molar-refractivity contribution >= 4 is 0 Å². The van der Waals surface area contributed by atoms with Gasteiger partial charge in [0.25, 0.3) is 0 Å². The van der Waals surface area contributed by atoms with Crippen LogP contribution in [0.1, 0.15) is 51.1 Å². The lowest BCUT2D eigenvalue weighted by molar-refractivity contribution is 0.217. The predicted molar refractivity (Wildman–Crippen MR) is 81.1 cm³/mol. The minimum atomic E-state index is 0.595. The molecule has 1 aromatic heterocycles. The van der Waals surface area contributed by atoms with E-state index in [-0.39, 0.29) is 0 Å². The zero-order valence-electron chi connectivity index (χ0n) is 12.4. The third-order valence-electron chi connectivity index (χ3n) is 4.68. The van der Waals surface area contributed by atoms with Gasteiger partial charge in [-0.05, 0) is 43.9 Å². The van der Waals surface area contributed by atoms with Gasteiger partial charge in [-0.3, -0.25) is 4.98 Å². The van der Waals surface area contributed by atoms with Gasteiger partial charge in [0.15, 0.2) is 0 Å². The second-order valence-electron chi connectivity index (χ2n) is 5.99. The second kappa shape index (κ2) is 7.64. The Labute approximate surface area is 118 Å². The maximum absolute atomic E-state index is 4.47. The zero-order chi connectivity index (χ0) is 13.5. The van der Waals surface area contributed by atoms with E-state index in [0.29, 0.717) is 6.04 Å². The standard InChI is InChI=1S/C17H28N2/c1-3-6-14-8-10-15(11-9-14)17(18-2)13-16-7-4-5-12-19-16/h4-5,7,12,14-15,17-18H,3,6,8-11,13H2,1-2H3. The summed E-state index contributed by atoms with van der Waals surface area (Å²) in [5.74, 6) is 1.83. The van der Waals surface area contributed by atoms with Crippen molar-refractivity contribution < 1.29 is 0 Å². The third kappa shape index (κ3) is 4.31. The van der Waals surface area contributed by atoms with Crippen LogP contribution in [0.15, 0.2) is 24.4 Å². The molecule has 1 aliphatic carbocycles. The predicted octanol–water partition coefficient (Wildman–Crippen LogP) is 3.82. The number of pyridine rings is 1. The number of hydrogen-bond donors (Lipinski definition) is 1. The van der Waals surface area contributed by atoms with Crippen molar-refractivity contribution in [2.45, 2.75) is 57.9 Å². The summed E-state index contributed by atoms with van der Waals surface area (Å²) in [5.41, 5.74) is 1.22. The maximum atomic E-state index is 4.47. The number of hydrogen-bond acceptors (Lipinski definition) is 2. The molecule has 2 rings (SSSR count). The number of nitrogens with one attached hydrogen (secondary N) is 1. The molecule has 1 heterocycles. The zero-order valence-corrected chi connectivity index (χ0v) is 12.4. The fourth-order valence-corrected chi connectivity index (χ4v) is 3.54. The van der Waals surface area contributed by atoms with Crippen LogP contribution in [0, 0.1) is 11.8 Å². The molecule has 0 radical (unpaired) electrons. The molecule has 0 bridgehead atoms. The Morgan fingerprint density at radius 1 is 1.26 bits per heavy atom. The third-order valence-corrected chi connectivity index (χ3v) is 4.68. The first-order valence-electron chi connectivity index (χ1n) is 7.90. The van der Waals surface area contributed by atoms with Crippen LogP contribution in [-0.4, -0.2) is 18.1 Å². The molecule has 106 valence electrons. The summed E-state index contributed by atoms with van der Waals surface area (Å²) in [4.78, 5) is 4.47. The Hall–Kier alpha value is -0.890. The van der Waals surface area contributed by atoms with Crippen LogP contribution >= 0.6 is 0 Å². The van der Waals surface area contributed by atoms with E-state index in [1.54, 1.807) is 0 Å². The molecule has 0 aromatic carbocycles. The summed E-state index contributed by atoms with van der Waals surface area (Å²) in [5, 5.41) is 3.53. The largest absolute Gasteiger partial charge is 0.316 e. The Kier molecular flexibility index (Phi) is 5.84. The summed E-state index contributed by atoms with van der Waals surface area (Å²) >= 11 is 0. The molecule has 0 aliphatic heterocycles. The number of likely N-dealkylation sites (N-methyl/N-ethyl adjacent to an activating group) is 1. The average Bonchev–Trinajstić information content (AvgIpc) is 2.47. The van der Waals surface area contributed by atoms with Gasteiger partial charge in [-0.15, -0.1) is 0 Å². The number of aromatic nitrogens is 1. The van der Waals surface area contributed by atoms with Crippen LogP contribution in [0.4, 0.5) is 0 Å². The lowest BCUT2D eigenvalue weighted by Gasteiger charge is -2.33. The van der Waals surface area contributed by atoms with Crippen molar-refractivity contribution in [2.24, 2.45) is 11.8 Å². The fraction of sp³-hybridized carbons (Fsp3) is 0.706. The van der Waals surface area contributed by atoms with Crippen LogP contribution in [0.5, 0.6) is 0 Å². The molecule has 0 amide bonds.